The minimum Gasteiger partial charge on any atom is -0.502 e. The van der Waals surface area contributed by atoms with Crippen LogP contribution in [0.25, 0.3) is 11.3 Å². The van der Waals surface area contributed by atoms with Crippen molar-refractivity contribution < 1.29 is 14.7 Å². The number of aromatic amines is 1. The fourth-order valence-electron chi connectivity index (χ4n) is 3.56. The second-order valence-corrected chi connectivity index (χ2v) is 8.29. The fraction of sp³-hybridized carbons (Fsp3) is 0.286. The maximum absolute atomic E-state index is 13.0. The monoisotopic (exact) mass is 440 g/mol. The Morgan fingerprint density at radius 1 is 1.26 bits per heavy atom. The summed E-state index contributed by atoms with van der Waals surface area (Å²) in [5.41, 5.74) is 1.61. The van der Waals surface area contributed by atoms with Crippen LogP contribution in [-0.2, 0) is 0 Å². The van der Waals surface area contributed by atoms with Gasteiger partial charge in [-0.15, -0.1) is 0 Å². The topological polar surface area (TPSA) is 125 Å². The van der Waals surface area contributed by atoms with Crippen molar-refractivity contribution in [2.45, 2.75) is 37.5 Å². The first kappa shape index (κ1) is 20.9. The lowest BCUT2D eigenvalue weighted by Gasteiger charge is -2.22. The zero-order chi connectivity index (χ0) is 22.0. The van der Waals surface area contributed by atoms with Crippen molar-refractivity contribution in [3.05, 3.63) is 68.5 Å². The molecule has 1 atom stereocenters. The Hall–Kier alpha value is -3.40. The van der Waals surface area contributed by atoms with Crippen molar-refractivity contribution in [1.82, 2.24) is 10.1 Å². The van der Waals surface area contributed by atoms with Crippen LogP contribution in [-0.4, -0.2) is 25.9 Å². The number of nitrogens with one attached hydrogen (secondary N) is 2. The van der Waals surface area contributed by atoms with E-state index in [0.717, 1.165) is 30.7 Å². The van der Waals surface area contributed by atoms with Gasteiger partial charge in [0.1, 0.15) is 0 Å². The number of H-pyrrole nitrogens is 1. The van der Waals surface area contributed by atoms with Gasteiger partial charge in [0, 0.05) is 16.9 Å². The van der Waals surface area contributed by atoms with Crippen LogP contribution in [0.1, 0.15) is 37.9 Å². The summed E-state index contributed by atoms with van der Waals surface area (Å²) in [4.78, 5) is 26.6. The highest BCUT2D eigenvalue weighted by Gasteiger charge is 2.38. The number of nitrogens with zero attached hydrogens (tertiary/aromatic N) is 3. The van der Waals surface area contributed by atoms with E-state index in [0.29, 0.717) is 22.0 Å². The first-order chi connectivity index (χ1) is 15.0. The second-order valence-electron chi connectivity index (χ2n) is 7.21. The van der Waals surface area contributed by atoms with Crippen LogP contribution >= 0.6 is 11.8 Å². The van der Waals surface area contributed by atoms with Gasteiger partial charge < -0.3 is 10.4 Å². The first-order valence-corrected chi connectivity index (χ1v) is 11.0. The minimum absolute atomic E-state index is 0.278. The second kappa shape index (κ2) is 8.76. The standard InChI is InChI=1S/C21H21N5O4S/c1-2-3-6-11-31-21-23-20(28)18-14-7-4-5-8-15(14)22-19(25(18)24-21)13-9-10-17(27)16(12-13)26(29)30/h4-5,7-10,12,19H,2-3,6,11H2,1H3,(H2,23,24,27,28)/p+1/t19-/m1/s1. The van der Waals surface area contributed by atoms with E-state index in [1.165, 1.54) is 23.9 Å². The quantitative estimate of drug-likeness (QED) is 0.169. The molecule has 2 aromatic carbocycles. The number of para-hydroxylation sites is 1. The number of unbranched alkanes of at least 4 members (excludes halogenated alkanes) is 2. The molecule has 3 N–H and O–H groups in total. The van der Waals surface area contributed by atoms with Crippen LogP contribution in [0.4, 0.5) is 11.4 Å². The Balaban J connectivity index is 1.82. The summed E-state index contributed by atoms with van der Waals surface area (Å²) in [6, 6.07) is 11.5. The predicted octanol–water partition coefficient (Wildman–Crippen LogP) is 3.59. The highest BCUT2D eigenvalue weighted by atomic mass is 32.2. The zero-order valence-corrected chi connectivity index (χ0v) is 17.7. The summed E-state index contributed by atoms with van der Waals surface area (Å²) in [7, 11) is 0. The Labute approximate surface area is 182 Å². The number of aromatic nitrogens is 3. The number of phenolic OH excluding ortho intramolecular Hbond substituents is 1. The van der Waals surface area contributed by atoms with Crippen LogP contribution in [0.2, 0.25) is 0 Å². The van der Waals surface area contributed by atoms with Crippen LogP contribution < -0.4 is 15.6 Å². The highest BCUT2D eigenvalue weighted by Crippen LogP contribution is 2.34. The average Bonchev–Trinajstić information content (AvgIpc) is 2.76. The summed E-state index contributed by atoms with van der Waals surface area (Å²) >= 11 is 1.47. The number of fused-ring (bicyclic) bond motifs is 3. The molecule has 1 aliphatic heterocycles. The smallest absolute Gasteiger partial charge is 0.325 e. The molecule has 3 aromatic rings. The predicted molar refractivity (Wildman–Crippen MR) is 117 cm³/mol. The van der Waals surface area contributed by atoms with E-state index in [1.54, 1.807) is 10.7 Å². The summed E-state index contributed by atoms with van der Waals surface area (Å²) < 4.78 is 1.57. The van der Waals surface area contributed by atoms with Gasteiger partial charge in [-0.3, -0.25) is 19.9 Å². The van der Waals surface area contributed by atoms with Gasteiger partial charge in [0.2, 0.25) is 5.16 Å². The normalized spacial score (nSPS) is 14.4. The molecule has 160 valence electrons. The summed E-state index contributed by atoms with van der Waals surface area (Å²) in [5, 5.41) is 29.6. The van der Waals surface area contributed by atoms with Crippen molar-refractivity contribution in [3.63, 3.8) is 0 Å². The largest absolute Gasteiger partial charge is 0.502 e. The Bertz CT molecular complexity index is 1200. The van der Waals surface area contributed by atoms with Crippen molar-refractivity contribution in [1.29, 1.82) is 0 Å². The molecule has 2 heterocycles. The number of rotatable bonds is 7. The maximum Gasteiger partial charge on any atom is 0.325 e. The molecule has 0 saturated heterocycles. The van der Waals surface area contributed by atoms with Crippen molar-refractivity contribution in [3.8, 4) is 17.0 Å². The third kappa shape index (κ3) is 4.11. The van der Waals surface area contributed by atoms with Gasteiger partial charge in [0.05, 0.1) is 21.7 Å². The molecule has 31 heavy (non-hydrogen) atoms. The molecule has 0 bridgehead atoms. The number of nitro benzene ring substituents is 1. The van der Waals surface area contributed by atoms with E-state index < -0.39 is 22.5 Å². The highest BCUT2D eigenvalue weighted by molar-refractivity contribution is 7.99. The number of benzene rings is 2. The van der Waals surface area contributed by atoms with Crippen molar-refractivity contribution in [2.75, 3.05) is 11.1 Å². The fourth-order valence-corrected chi connectivity index (χ4v) is 4.41. The number of anilines is 1. The van der Waals surface area contributed by atoms with E-state index in [4.69, 9.17) is 0 Å². The molecule has 0 fully saturated rings. The molecule has 4 rings (SSSR count). The van der Waals surface area contributed by atoms with E-state index >= 15 is 0 Å². The Morgan fingerprint density at radius 2 is 2.06 bits per heavy atom. The average molecular weight is 441 g/mol. The van der Waals surface area contributed by atoms with Gasteiger partial charge in [-0.05, 0) is 35.4 Å². The summed E-state index contributed by atoms with van der Waals surface area (Å²) in [6.45, 7) is 2.13. The molecule has 0 spiro atoms. The van der Waals surface area contributed by atoms with E-state index in [-0.39, 0.29) is 5.56 Å². The molecule has 0 aliphatic carbocycles. The van der Waals surface area contributed by atoms with Crippen LogP contribution in [0, 0.1) is 10.1 Å². The summed E-state index contributed by atoms with van der Waals surface area (Å²) in [5.74, 6) is 0.413. The van der Waals surface area contributed by atoms with Gasteiger partial charge in [-0.1, -0.05) is 43.7 Å². The van der Waals surface area contributed by atoms with Gasteiger partial charge in [0.15, 0.2) is 5.75 Å². The molecular weight excluding hydrogens is 418 g/mol. The zero-order valence-electron chi connectivity index (χ0n) is 16.9. The molecule has 9 nitrogen and oxygen atoms in total. The lowest BCUT2D eigenvalue weighted by Crippen LogP contribution is -2.55. The van der Waals surface area contributed by atoms with Gasteiger partial charge in [-0.2, -0.15) is 0 Å². The van der Waals surface area contributed by atoms with Crippen LogP contribution in [0.15, 0.2) is 52.4 Å². The SMILES string of the molecule is CCCCCSc1n[n+]2c(c(=O)[nH]1)-c1ccccc1N[C@H]2c1ccc(O)c([N+](=O)[O-])c1. The Morgan fingerprint density at radius 3 is 2.84 bits per heavy atom. The number of hydrogen-bond acceptors (Lipinski definition) is 7. The molecule has 0 unspecified atom stereocenters. The lowest BCUT2D eigenvalue weighted by atomic mass is 10.0. The number of hydrogen-bond donors (Lipinski definition) is 3. The Kier molecular flexibility index (Phi) is 5.90. The third-order valence-electron chi connectivity index (χ3n) is 5.08. The van der Waals surface area contributed by atoms with Gasteiger partial charge in [0.25, 0.3) is 6.17 Å². The van der Waals surface area contributed by atoms with E-state index in [2.05, 4.69) is 22.3 Å². The molecular formula is C21H22N5O4S+. The minimum atomic E-state index is -0.651. The number of thioether (sulfide) groups is 1. The maximum atomic E-state index is 13.0. The molecule has 0 saturated carbocycles. The molecule has 1 aliphatic rings. The van der Waals surface area contributed by atoms with E-state index in [1.807, 2.05) is 24.3 Å². The number of phenols is 1. The molecule has 0 radical (unpaired) electrons. The van der Waals surface area contributed by atoms with E-state index in [9.17, 15) is 20.0 Å². The summed E-state index contributed by atoms with van der Waals surface area (Å²) in [6.07, 6.45) is 2.57. The van der Waals surface area contributed by atoms with Crippen molar-refractivity contribution in [2.24, 2.45) is 0 Å². The number of nitro groups is 1. The van der Waals surface area contributed by atoms with Gasteiger partial charge in [-0.25, -0.2) is 0 Å². The lowest BCUT2D eigenvalue weighted by molar-refractivity contribution is -0.759. The third-order valence-corrected chi connectivity index (χ3v) is 6.03. The van der Waals surface area contributed by atoms with Crippen LogP contribution in [0.3, 0.4) is 0 Å². The first-order valence-electron chi connectivity index (χ1n) is 10.0. The molecule has 1 aromatic heterocycles. The number of aromatic hydroxyl groups is 1. The molecule has 10 heteroatoms. The molecule has 0 amide bonds. The van der Waals surface area contributed by atoms with Crippen LogP contribution in [0.5, 0.6) is 5.75 Å². The van der Waals surface area contributed by atoms with Crippen molar-refractivity contribution >= 4 is 23.1 Å². The van der Waals surface area contributed by atoms with Gasteiger partial charge >= 0.3 is 16.9 Å².